The van der Waals surface area contributed by atoms with Gasteiger partial charge in [-0.1, -0.05) is 55.0 Å². The topological polar surface area (TPSA) is 61.4 Å². The molecule has 0 bridgehead atoms. The van der Waals surface area contributed by atoms with Gasteiger partial charge in [-0.25, -0.2) is 0 Å². The minimum absolute atomic E-state index is 0.0153. The van der Waals surface area contributed by atoms with Crippen molar-refractivity contribution in [1.82, 2.24) is 10.2 Å². The number of piperidine rings is 1. The van der Waals surface area contributed by atoms with Gasteiger partial charge in [-0.05, 0) is 50.4 Å². The largest absolute Gasteiger partial charge is 0.348 e. The van der Waals surface area contributed by atoms with Gasteiger partial charge in [-0.3, -0.25) is 14.5 Å². The molecule has 0 aliphatic carbocycles. The van der Waals surface area contributed by atoms with Crippen LogP contribution < -0.4 is 10.6 Å². The van der Waals surface area contributed by atoms with Crippen molar-refractivity contribution < 1.29 is 9.59 Å². The zero-order valence-corrected chi connectivity index (χ0v) is 17.4. The molecule has 1 saturated heterocycles. The van der Waals surface area contributed by atoms with Gasteiger partial charge in [0.25, 0.3) is 0 Å². The number of carbonyl (C=O) groups is 2. The summed E-state index contributed by atoms with van der Waals surface area (Å²) in [6, 6.07) is 17.8. The molecule has 2 aromatic rings. The number of nitrogens with one attached hydrogen (secondary N) is 2. The number of hydrogen-bond donors (Lipinski definition) is 2. The first-order valence-corrected chi connectivity index (χ1v) is 10.5. The summed E-state index contributed by atoms with van der Waals surface area (Å²) in [5.41, 5.74) is 3.16. The first-order valence-electron chi connectivity index (χ1n) is 10.5. The van der Waals surface area contributed by atoms with Crippen molar-refractivity contribution in [3.05, 3.63) is 65.7 Å². The molecule has 29 heavy (non-hydrogen) atoms. The lowest BCUT2D eigenvalue weighted by Crippen LogP contribution is -2.45. The Morgan fingerprint density at radius 3 is 2.52 bits per heavy atom. The summed E-state index contributed by atoms with van der Waals surface area (Å²) in [5.74, 6) is -0.0373. The van der Waals surface area contributed by atoms with Crippen LogP contribution in [0.15, 0.2) is 54.6 Å². The van der Waals surface area contributed by atoms with Crippen LogP contribution in [0.4, 0.5) is 5.69 Å². The van der Waals surface area contributed by atoms with Crippen LogP contribution in [-0.4, -0.2) is 36.3 Å². The van der Waals surface area contributed by atoms with E-state index in [4.69, 9.17) is 0 Å². The zero-order chi connectivity index (χ0) is 20.6. The van der Waals surface area contributed by atoms with E-state index in [1.54, 1.807) is 0 Å². The Kier molecular flexibility index (Phi) is 7.42. The quantitative estimate of drug-likeness (QED) is 0.750. The summed E-state index contributed by atoms with van der Waals surface area (Å²) >= 11 is 0. The molecule has 2 aromatic carbocycles. The van der Waals surface area contributed by atoms with Crippen LogP contribution in [0.3, 0.4) is 0 Å². The summed E-state index contributed by atoms with van der Waals surface area (Å²) in [6.45, 7) is 5.94. The molecule has 2 amide bonds. The third kappa shape index (κ3) is 6.16. The molecular formula is C24H31N3O2. The molecule has 0 aromatic heterocycles. The van der Waals surface area contributed by atoms with Crippen molar-refractivity contribution in [2.75, 3.05) is 25.0 Å². The summed E-state index contributed by atoms with van der Waals surface area (Å²) < 4.78 is 0. The maximum absolute atomic E-state index is 12.6. The highest BCUT2D eigenvalue weighted by atomic mass is 16.2. The second-order valence-corrected chi connectivity index (χ2v) is 7.87. The Balaban J connectivity index is 1.51. The molecule has 0 saturated carbocycles. The average molecular weight is 394 g/mol. The number of amides is 2. The van der Waals surface area contributed by atoms with E-state index in [1.165, 1.54) is 5.56 Å². The molecular weight excluding hydrogens is 362 g/mol. The molecule has 1 aliphatic rings. The molecule has 1 aliphatic heterocycles. The number of aryl methyl sites for hydroxylation is 1. The van der Waals surface area contributed by atoms with Gasteiger partial charge < -0.3 is 10.6 Å². The number of hydrogen-bond acceptors (Lipinski definition) is 3. The Hall–Kier alpha value is -2.66. The average Bonchev–Trinajstić information content (AvgIpc) is 2.73. The van der Waals surface area contributed by atoms with Crippen LogP contribution in [0.2, 0.25) is 0 Å². The number of rotatable bonds is 7. The fraction of sp³-hybridized carbons (Fsp3) is 0.417. The molecule has 3 rings (SSSR count). The highest BCUT2D eigenvalue weighted by Gasteiger charge is 2.27. The standard InChI is InChI=1S/C24H31N3O2/c1-3-22(19-13-11-18(2)12-14-19)26-23(28)17-27-15-7-8-20(16-27)24(29)25-21-9-5-4-6-10-21/h4-6,9-14,20,22H,3,7-8,15-17H2,1-2H3,(H,25,29)(H,26,28). The second kappa shape index (κ2) is 10.2. The maximum atomic E-state index is 12.6. The van der Waals surface area contributed by atoms with Crippen LogP contribution >= 0.6 is 0 Å². The molecule has 2 atom stereocenters. The minimum Gasteiger partial charge on any atom is -0.348 e. The molecule has 2 N–H and O–H groups in total. The van der Waals surface area contributed by atoms with E-state index in [1.807, 2.05) is 30.3 Å². The highest BCUT2D eigenvalue weighted by molar-refractivity contribution is 5.92. The van der Waals surface area contributed by atoms with Gasteiger partial charge in [0, 0.05) is 12.2 Å². The molecule has 1 heterocycles. The van der Waals surface area contributed by atoms with E-state index in [0.717, 1.165) is 37.1 Å². The lowest BCUT2D eigenvalue weighted by molar-refractivity contribution is -0.126. The van der Waals surface area contributed by atoms with Gasteiger partial charge in [0.05, 0.1) is 18.5 Å². The zero-order valence-electron chi connectivity index (χ0n) is 17.4. The molecule has 0 spiro atoms. The first-order chi connectivity index (χ1) is 14.0. The lowest BCUT2D eigenvalue weighted by atomic mass is 9.97. The minimum atomic E-state index is -0.0872. The SMILES string of the molecule is CCC(NC(=O)CN1CCCC(C(=O)Nc2ccccc2)C1)c1ccc(C)cc1. The van der Waals surface area contributed by atoms with Crippen LogP contribution in [0.1, 0.15) is 43.4 Å². The molecule has 1 fully saturated rings. The molecule has 5 heteroatoms. The Bertz CT molecular complexity index is 805. The predicted octanol–water partition coefficient (Wildman–Crippen LogP) is 3.91. The number of likely N-dealkylation sites (tertiary alicyclic amines) is 1. The third-order valence-corrected chi connectivity index (χ3v) is 5.51. The monoisotopic (exact) mass is 393 g/mol. The smallest absolute Gasteiger partial charge is 0.234 e. The Morgan fingerprint density at radius 2 is 1.83 bits per heavy atom. The van der Waals surface area contributed by atoms with Crippen LogP contribution in [0.5, 0.6) is 0 Å². The van der Waals surface area contributed by atoms with Crippen molar-refractivity contribution >= 4 is 17.5 Å². The Morgan fingerprint density at radius 1 is 1.10 bits per heavy atom. The summed E-state index contributed by atoms with van der Waals surface area (Å²) in [5, 5.41) is 6.14. The fourth-order valence-corrected chi connectivity index (χ4v) is 3.84. The van der Waals surface area contributed by atoms with E-state index in [-0.39, 0.29) is 23.8 Å². The van der Waals surface area contributed by atoms with Crippen molar-refractivity contribution in [1.29, 1.82) is 0 Å². The predicted molar refractivity (Wildman–Crippen MR) is 117 cm³/mol. The summed E-state index contributed by atoms with van der Waals surface area (Å²) in [6.07, 6.45) is 2.63. The highest BCUT2D eigenvalue weighted by Crippen LogP contribution is 2.20. The van der Waals surface area contributed by atoms with Crippen LogP contribution in [0.25, 0.3) is 0 Å². The van der Waals surface area contributed by atoms with Gasteiger partial charge in [-0.2, -0.15) is 0 Å². The summed E-state index contributed by atoms with van der Waals surface area (Å²) in [7, 11) is 0. The van der Waals surface area contributed by atoms with Crippen LogP contribution in [-0.2, 0) is 9.59 Å². The molecule has 2 unspecified atom stereocenters. The fourth-order valence-electron chi connectivity index (χ4n) is 3.84. The number of nitrogens with zero attached hydrogens (tertiary/aromatic N) is 1. The molecule has 0 radical (unpaired) electrons. The van der Waals surface area contributed by atoms with Crippen molar-refractivity contribution in [3.63, 3.8) is 0 Å². The van der Waals surface area contributed by atoms with E-state index >= 15 is 0 Å². The van der Waals surface area contributed by atoms with Gasteiger partial charge in [0.15, 0.2) is 0 Å². The number of anilines is 1. The third-order valence-electron chi connectivity index (χ3n) is 5.51. The first kappa shape index (κ1) is 21.1. The number of carbonyl (C=O) groups excluding carboxylic acids is 2. The van der Waals surface area contributed by atoms with Crippen molar-refractivity contribution in [3.8, 4) is 0 Å². The van der Waals surface area contributed by atoms with Crippen molar-refractivity contribution in [2.24, 2.45) is 5.92 Å². The number of para-hydroxylation sites is 1. The van der Waals surface area contributed by atoms with E-state index in [0.29, 0.717) is 13.1 Å². The number of benzene rings is 2. The van der Waals surface area contributed by atoms with E-state index in [9.17, 15) is 9.59 Å². The second-order valence-electron chi connectivity index (χ2n) is 7.87. The summed E-state index contributed by atoms with van der Waals surface area (Å²) in [4.78, 5) is 27.3. The lowest BCUT2D eigenvalue weighted by Gasteiger charge is -2.32. The van der Waals surface area contributed by atoms with Gasteiger partial charge in [-0.15, -0.1) is 0 Å². The van der Waals surface area contributed by atoms with Crippen molar-refractivity contribution in [2.45, 2.75) is 39.2 Å². The van der Waals surface area contributed by atoms with E-state index in [2.05, 4.69) is 53.6 Å². The molecule has 5 nitrogen and oxygen atoms in total. The van der Waals surface area contributed by atoms with Gasteiger partial charge in [0.1, 0.15) is 0 Å². The normalized spacial score (nSPS) is 18.1. The molecule has 154 valence electrons. The maximum Gasteiger partial charge on any atom is 0.234 e. The Labute approximate surface area is 173 Å². The van der Waals surface area contributed by atoms with Crippen LogP contribution in [0, 0.1) is 12.8 Å². The van der Waals surface area contributed by atoms with E-state index < -0.39 is 0 Å². The van der Waals surface area contributed by atoms with Gasteiger partial charge >= 0.3 is 0 Å². The van der Waals surface area contributed by atoms with Gasteiger partial charge in [0.2, 0.25) is 11.8 Å².